The lowest BCUT2D eigenvalue weighted by Gasteiger charge is -2.29. The maximum atomic E-state index is 10.9. The molecule has 3 aromatic rings. The van der Waals surface area contributed by atoms with Gasteiger partial charge in [-0.1, -0.05) is 48.5 Å². The van der Waals surface area contributed by atoms with Gasteiger partial charge in [0.15, 0.2) is 0 Å². The van der Waals surface area contributed by atoms with Gasteiger partial charge in [0.25, 0.3) is 0 Å². The summed E-state index contributed by atoms with van der Waals surface area (Å²) in [4.78, 5) is 2.24. The smallest absolute Gasteiger partial charge is 0.222 e. The van der Waals surface area contributed by atoms with Crippen LogP contribution in [-0.2, 0) is 23.1 Å². The van der Waals surface area contributed by atoms with Gasteiger partial charge in [0.05, 0.1) is 30.0 Å². The summed E-state index contributed by atoms with van der Waals surface area (Å²) >= 11 is 0. The van der Waals surface area contributed by atoms with E-state index in [0.717, 1.165) is 48.6 Å². The molecule has 1 fully saturated rings. The van der Waals surface area contributed by atoms with Gasteiger partial charge in [0.1, 0.15) is 11.4 Å². The maximum absolute atomic E-state index is 10.9. The molecule has 0 bridgehead atoms. The SMILES string of the molecule is Cn1nc(-c2ccccc2)c(CN(C[C@@H](O)COC(C)(C)C)C[C@@H]2CCCO2)c1Oc1ccccc1. The van der Waals surface area contributed by atoms with Crippen LogP contribution >= 0.6 is 0 Å². The summed E-state index contributed by atoms with van der Waals surface area (Å²) in [5.74, 6) is 1.45. The highest BCUT2D eigenvalue weighted by atomic mass is 16.5. The van der Waals surface area contributed by atoms with E-state index >= 15 is 0 Å². The third-order valence-electron chi connectivity index (χ3n) is 6.14. The number of aliphatic hydroxyl groups is 1. The van der Waals surface area contributed by atoms with Crippen LogP contribution in [0.4, 0.5) is 0 Å². The molecule has 194 valence electrons. The fraction of sp³-hybridized carbons (Fsp3) is 0.483. The zero-order valence-electron chi connectivity index (χ0n) is 21.9. The summed E-state index contributed by atoms with van der Waals surface area (Å²) in [7, 11) is 1.91. The molecule has 1 aliphatic heterocycles. The van der Waals surface area contributed by atoms with Crippen molar-refractivity contribution >= 4 is 0 Å². The Morgan fingerprint density at radius 3 is 2.44 bits per heavy atom. The highest BCUT2D eigenvalue weighted by molar-refractivity contribution is 5.65. The number of aromatic nitrogens is 2. The molecule has 0 saturated carbocycles. The number of rotatable bonds is 11. The normalized spacial score (nSPS) is 17.0. The second kappa shape index (κ2) is 12.0. The summed E-state index contributed by atoms with van der Waals surface area (Å²) < 4.78 is 20.0. The second-order valence-electron chi connectivity index (χ2n) is 10.4. The van der Waals surface area contributed by atoms with E-state index in [-0.39, 0.29) is 18.3 Å². The van der Waals surface area contributed by atoms with E-state index < -0.39 is 6.10 Å². The van der Waals surface area contributed by atoms with Crippen molar-refractivity contribution in [2.75, 3.05) is 26.3 Å². The number of ether oxygens (including phenoxy) is 3. The van der Waals surface area contributed by atoms with Crippen LogP contribution in [0.15, 0.2) is 60.7 Å². The van der Waals surface area contributed by atoms with E-state index in [0.29, 0.717) is 19.0 Å². The minimum absolute atomic E-state index is 0.149. The lowest BCUT2D eigenvalue weighted by Crippen LogP contribution is -2.40. The van der Waals surface area contributed by atoms with Crippen LogP contribution in [0.1, 0.15) is 39.2 Å². The molecule has 1 saturated heterocycles. The number of aryl methyl sites for hydroxylation is 1. The first-order valence-corrected chi connectivity index (χ1v) is 12.8. The van der Waals surface area contributed by atoms with Crippen LogP contribution in [0.2, 0.25) is 0 Å². The van der Waals surface area contributed by atoms with Crippen molar-refractivity contribution in [3.8, 4) is 22.9 Å². The second-order valence-corrected chi connectivity index (χ2v) is 10.4. The van der Waals surface area contributed by atoms with Crippen molar-refractivity contribution in [3.05, 3.63) is 66.2 Å². The highest BCUT2D eigenvalue weighted by Crippen LogP contribution is 2.34. The number of aliphatic hydroxyl groups excluding tert-OH is 1. The van der Waals surface area contributed by atoms with Gasteiger partial charge in [-0.05, 0) is 45.7 Å². The van der Waals surface area contributed by atoms with Gasteiger partial charge < -0.3 is 19.3 Å². The zero-order valence-corrected chi connectivity index (χ0v) is 21.9. The van der Waals surface area contributed by atoms with Gasteiger partial charge in [-0.25, -0.2) is 4.68 Å². The standard InChI is InChI=1S/C29H39N3O4/c1-29(2,3)35-21-23(33)18-32(19-25-16-11-17-34-25)20-26-27(22-12-7-5-8-13-22)30-31(4)28(26)36-24-14-9-6-10-15-24/h5-10,12-15,23,25,33H,11,16-21H2,1-4H3/t23-,25+/m1/s1. The molecule has 7 heteroatoms. The quantitative estimate of drug-likeness (QED) is 0.404. The summed E-state index contributed by atoms with van der Waals surface area (Å²) in [5.41, 5.74) is 2.58. The predicted octanol–water partition coefficient (Wildman–Crippen LogP) is 5.04. The number of para-hydroxylation sites is 1. The third-order valence-corrected chi connectivity index (χ3v) is 6.14. The van der Waals surface area contributed by atoms with E-state index in [9.17, 15) is 5.11 Å². The highest BCUT2D eigenvalue weighted by Gasteiger charge is 2.27. The Balaban J connectivity index is 1.64. The Bertz CT molecular complexity index is 1070. The summed E-state index contributed by atoms with van der Waals surface area (Å²) in [6, 6.07) is 19.9. The van der Waals surface area contributed by atoms with Gasteiger partial charge in [-0.15, -0.1) is 0 Å². The molecule has 2 heterocycles. The fourth-order valence-corrected chi connectivity index (χ4v) is 4.45. The van der Waals surface area contributed by atoms with Crippen LogP contribution in [0, 0.1) is 0 Å². The van der Waals surface area contributed by atoms with E-state index in [4.69, 9.17) is 19.3 Å². The largest absolute Gasteiger partial charge is 0.439 e. The lowest BCUT2D eigenvalue weighted by molar-refractivity contribution is -0.0594. The van der Waals surface area contributed by atoms with E-state index in [1.165, 1.54) is 0 Å². The molecule has 0 amide bonds. The molecular formula is C29H39N3O4. The topological polar surface area (TPSA) is 69.0 Å². The molecule has 1 N–H and O–H groups in total. The average molecular weight is 494 g/mol. The molecule has 0 spiro atoms. The van der Waals surface area contributed by atoms with Gasteiger partial charge in [0, 0.05) is 38.9 Å². The number of benzene rings is 2. The minimum atomic E-state index is -0.624. The monoisotopic (exact) mass is 493 g/mol. The minimum Gasteiger partial charge on any atom is -0.439 e. The Kier molecular flexibility index (Phi) is 8.80. The Morgan fingerprint density at radius 1 is 1.11 bits per heavy atom. The summed E-state index contributed by atoms with van der Waals surface area (Å²) in [6.07, 6.45) is 1.62. The van der Waals surface area contributed by atoms with E-state index in [1.54, 1.807) is 4.68 Å². The van der Waals surface area contributed by atoms with E-state index in [1.807, 2.05) is 76.3 Å². The van der Waals surface area contributed by atoms with Crippen molar-refractivity contribution in [2.24, 2.45) is 7.05 Å². The molecule has 7 nitrogen and oxygen atoms in total. The van der Waals surface area contributed by atoms with Crippen LogP contribution in [0.5, 0.6) is 11.6 Å². The first-order valence-electron chi connectivity index (χ1n) is 12.8. The van der Waals surface area contributed by atoms with E-state index in [2.05, 4.69) is 17.0 Å². The third kappa shape index (κ3) is 7.40. The molecule has 2 atom stereocenters. The van der Waals surface area contributed by atoms with Crippen molar-refractivity contribution in [1.29, 1.82) is 0 Å². The molecule has 4 rings (SSSR count). The summed E-state index contributed by atoms with van der Waals surface area (Å²) in [6.45, 7) is 8.81. The number of hydrogen-bond acceptors (Lipinski definition) is 6. The van der Waals surface area contributed by atoms with Crippen molar-refractivity contribution in [3.63, 3.8) is 0 Å². The summed E-state index contributed by atoms with van der Waals surface area (Å²) in [5, 5.41) is 15.7. The Hall–Kier alpha value is -2.71. The van der Waals surface area contributed by atoms with Gasteiger partial charge in [-0.3, -0.25) is 4.90 Å². The lowest BCUT2D eigenvalue weighted by atomic mass is 10.1. The van der Waals surface area contributed by atoms with Gasteiger partial charge >= 0.3 is 0 Å². The Morgan fingerprint density at radius 2 is 1.81 bits per heavy atom. The molecule has 0 unspecified atom stereocenters. The van der Waals surface area contributed by atoms with Crippen LogP contribution in [0.25, 0.3) is 11.3 Å². The Labute approximate surface area is 214 Å². The average Bonchev–Trinajstić information content (AvgIpc) is 3.47. The number of nitrogens with zero attached hydrogens (tertiary/aromatic N) is 3. The fourth-order valence-electron chi connectivity index (χ4n) is 4.45. The van der Waals surface area contributed by atoms with Crippen LogP contribution in [0.3, 0.4) is 0 Å². The van der Waals surface area contributed by atoms with Gasteiger partial charge in [-0.2, -0.15) is 5.10 Å². The molecule has 1 aliphatic rings. The maximum Gasteiger partial charge on any atom is 0.222 e. The first kappa shape index (κ1) is 26.4. The zero-order chi connectivity index (χ0) is 25.5. The van der Waals surface area contributed by atoms with Crippen molar-refractivity contribution < 1.29 is 19.3 Å². The number of hydrogen-bond donors (Lipinski definition) is 1. The molecule has 0 aliphatic carbocycles. The van der Waals surface area contributed by atoms with Crippen LogP contribution in [-0.4, -0.2) is 63.9 Å². The molecule has 0 radical (unpaired) electrons. The van der Waals surface area contributed by atoms with Crippen molar-refractivity contribution in [2.45, 2.75) is 58.0 Å². The predicted molar refractivity (Wildman–Crippen MR) is 141 cm³/mol. The molecule has 1 aromatic heterocycles. The van der Waals surface area contributed by atoms with Gasteiger partial charge in [0.2, 0.25) is 5.88 Å². The van der Waals surface area contributed by atoms with Crippen LogP contribution < -0.4 is 4.74 Å². The molecular weight excluding hydrogens is 454 g/mol. The molecule has 2 aromatic carbocycles. The first-order chi connectivity index (χ1) is 17.3. The van der Waals surface area contributed by atoms with Crippen molar-refractivity contribution in [1.82, 2.24) is 14.7 Å². The molecule has 36 heavy (non-hydrogen) atoms.